The van der Waals surface area contributed by atoms with Gasteiger partial charge >= 0.3 is 0 Å². The van der Waals surface area contributed by atoms with Crippen LogP contribution in [0.3, 0.4) is 0 Å². The van der Waals surface area contributed by atoms with Crippen LogP contribution in [0.15, 0.2) is 41.2 Å². The number of benzene rings is 1. The Bertz CT molecular complexity index is 1140. The Kier molecular flexibility index (Phi) is 4.87. The van der Waals surface area contributed by atoms with Crippen molar-refractivity contribution in [1.82, 2.24) is 9.80 Å². The third-order valence-electron chi connectivity index (χ3n) is 8.96. The lowest BCUT2D eigenvalue weighted by molar-refractivity contribution is -0.198. The zero-order chi connectivity index (χ0) is 23.7. The second-order valence-electron chi connectivity index (χ2n) is 10.1. The number of carbonyl (C=O) groups excluding carboxylic acids is 1. The number of furan rings is 1. The van der Waals surface area contributed by atoms with E-state index in [1.54, 1.807) is 36.7 Å². The summed E-state index contributed by atoms with van der Waals surface area (Å²) in [4.78, 5) is 17.4. The van der Waals surface area contributed by atoms with E-state index in [1.165, 1.54) is 5.56 Å². The van der Waals surface area contributed by atoms with E-state index in [-0.39, 0.29) is 24.1 Å². The summed E-state index contributed by atoms with van der Waals surface area (Å²) in [5.41, 5.74) is 1.75. The van der Waals surface area contributed by atoms with Crippen LogP contribution in [0, 0.1) is 0 Å². The quantitative estimate of drug-likeness (QED) is 0.686. The number of rotatable bonds is 5. The molecule has 1 aromatic carbocycles. The summed E-state index contributed by atoms with van der Waals surface area (Å²) in [7, 11) is 3.51. The van der Waals surface area contributed by atoms with E-state index in [4.69, 9.17) is 13.9 Å². The van der Waals surface area contributed by atoms with Gasteiger partial charge in [0, 0.05) is 30.3 Å². The van der Waals surface area contributed by atoms with Crippen molar-refractivity contribution in [1.29, 1.82) is 0 Å². The average molecular weight is 465 g/mol. The monoisotopic (exact) mass is 464 g/mol. The zero-order valence-corrected chi connectivity index (χ0v) is 20.0. The Labute approximate surface area is 199 Å². The maximum absolute atomic E-state index is 13.2. The number of carbonyl (C=O) groups is 1. The predicted octanol–water partition coefficient (Wildman–Crippen LogP) is 3.00. The predicted molar refractivity (Wildman–Crippen MR) is 127 cm³/mol. The molecule has 0 radical (unpaired) electrons. The zero-order valence-electron chi connectivity index (χ0n) is 20.0. The van der Waals surface area contributed by atoms with Gasteiger partial charge in [-0.3, -0.25) is 9.69 Å². The molecular formula is C27H32N2O5. The van der Waals surface area contributed by atoms with Gasteiger partial charge in [-0.05, 0) is 62.5 Å². The number of methoxy groups -OCH3 is 1. The molecule has 4 aliphatic rings. The molecule has 1 spiro atoms. The molecule has 7 nitrogen and oxygen atoms in total. The van der Waals surface area contributed by atoms with Crippen LogP contribution in [0.1, 0.15) is 42.9 Å². The van der Waals surface area contributed by atoms with Crippen molar-refractivity contribution in [3.63, 3.8) is 0 Å². The first-order chi connectivity index (χ1) is 16.4. The molecule has 6 rings (SSSR count). The van der Waals surface area contributed by atoms with Crippen LogP contribution in [0.25, 0.3) is 6.08 Å². The molecule has 180 valence electrons. The third kappa shape index (κ3) is 2.68. The first kappa shape index (κ1) is 21.7. The Balaban J connectivity index is 1.43. The van der Waals surface area contributed by atoms with Gasteiger partial charge in [-0.25, -0.2) is 0 Å². The number of aliphatic hydroxyl groups is 1. The molecule has 5 atom stereocenters. The lowest BCUT2D eigenvalue weighted by Gasteiger charge is -2.64. The topological polar surface area (TPSA) is 75.4 Å². The number of hydrogen-bond donors (Lipinski definition) is 1. The molecule has 2 bridgehead atoms. The summed E-state index contributed by atoms with van der Waals surface area (Å²) in [6.45, 7) is 3.99. The van der Waals surface area contributed by atoms with Crippen LogP contribution >= 0.6 is 0 Å². The molecule has 2 fully saturated rings. The Morgan fingerprint density at radius 2 is 2.21 bits per heavy atom. The van der Waals surface area contributed by atoms with Gasteiger partial charge < -0.3 is 23.9 Å². The molecule has 1 N–H and O–H groups in total. The van der Waals surface area contributed by atoms with Gasteiger partial charge in [0.15, 0.2) is 11.5 Å². The molecule has 2 aliphatic heterocycles. The minimum absolute atomic E-state index is 0.0483. The Morgan fingerprint density at radius 3 is 2.94 bits per heavy atom. The molecule has 2 aromatic rings. The van der Waals surface area contributed by atoms with E-state index < -0.39 is 11.0 Å². The molecule has 1 amide bonds. The fourth-order valence-electron chi connectivity index (χ4n) is 7.35. The van der Waals surface area contributed by atoms with Crippen molar-refractivity contribution in [2.75, 3.05) is 27.2 Å². The number of ether oxygens (including phenoxy) is 2. The average Bonchev–Trinajstić information content (AvgIpc) is 3.48. The first-order valence-corrected chi connectivity index (χ1v) is 12.2. The summed E-state index contributed by atoms with van der Waals surface area (Å²) >= 11 is 0. The van der Waals surface area contributed by atoms with E-state index >= 15 is 0 Å². The number of hydrogen-bond acceptors (Lipinski definition) is 6. The fourth-order valence-corrected chi connectivity index (χ4v) is 7.35. The number of piperidine rings is 1. The van der Waals surface area contributed by atoms with Gasteiger partial charge in [0.05, 0.1) is 36.7 Å². The molecule has 1 saturated carbocycles. The summed E-state index contributed by atoms with van der Waals surface area (Å²) in [6, 6.07) is 5.84. The highest BCUT2D eigenvalue weighted by molar-refractivity contribution is 5.92. The smallest absolute Gasteiger partial charge is 0.246 e. The Hall–Kier alpha value is -2.77. The largest absolute Gasteiger partial charge is 0.493 e. The molecule has 2 aliphatic carbocycles. The highest BCUT2D eigenvalue weighted by atomic mass is 16.5. The van der Waals surface area contributed by atoms with Gasteiger partial charge in [0.25, 0.3) is 0 Å². The standard InChI is InChI=1S/C27H32N2O5/c1-4-29-13-12-26-23-18-6-7-20(32-3)24(23)34-25(26)19(9-11-27(26,31)21(29)15-18)28(2)22(30)8-5-17-10-14-33-16-17/h5-8,10,14,16,19,21,25,31H,4,9,11-13,15H2,1-3H3/b8-5+/t19-,21-,25+,26+,27-/m1/s1. The minimum Gasteiger partial charge on any atom is -0.493 e. The van der Waals surface area contributed by atoms with Crippen LogP contribution in [0.5, 0.6) is 11.5 Å². The molecule has 1 saturated heterocycles. The van der Waals surface area contributed by atoms with Gasteiger partial charge in [0.2, 0.25) is 5.91 Å². The van der Waals surface area contributed by atoms with E-state index in [9.17, 15) is 9.90 Å². The highest BCUT2D eigenvalue weighted by Crippen LogP contribution is 2.65. The maximum Gasteiger partial charge on any atom is 0.246 e. The normalized spacial score (nSPS) is 33.5. The number of likely N-dealkylation sites (tertiary alicyclic amines) is 1. The van der Waals surface area contributed by atoms with Crippen molar-refractivity contribution >= 4 is 12.0 Å². The molecule has 34 heavy (non-hydrogen) atoms. The second kappa shape index (κ2) is 7.62. The van der Waals surface area contributed by atoms with E-state index in [0.29, 0.717) is 18.6 Å². The van der Waals surface area contributed by atoms with E-state index in [0.717, 1.165) is 42.8 Å². The summed E-state index contributed by atoms with van der Waals surface area (Å²) < 4.78 is 17.5. The second-order valence-corrected chi connectivity index (χ2v) is 10.1. The highest BCUT2D eigenvalue weighted by Gasteiger charge is 2.73. The van der Waals surface area contributed by atoms with Crippen molar-refractivity contribution < 1.29 is 23.8 Å². The lowest BCUT2D eigenvalue weighted by atomic mass is 9.48. The lowest BCUT2D eigenvalue weighted by Crippen LogP contribution is -2.78. The van der Waals surface area contributed by atoms with Crippen molar-refractivity contribution in [3.05, 3.63) is 53.5 Å². The van der Waals surface area contributed by atoms with Crippen LogP contribution in [-0.4, -0.2) is 71.8 Å². The minimum atomic E-state index is -0.899. The molecule has 1 aromatic heterocycles. The number of amides is 1. The molecule has 3 heterocycles. The van der Waals surface area contributed by atoms with Gasteiger partial charge in [-0.15, -0.1) is 0 Å². The maximum atomic E-state index is 13.2. The number of nitrogens with zero attached hydrogens (tertiary/aromatic N) is 2. The van der Waals surface area contributed by atoms with Crippen molar-refractivity contribution in [2.24, 2.45) is 0 Å². The van der Waals surface area contributed by atoms with Crippen molar-refractivity contribution in [2.45, 2.75) is 61.8 Å². The molecule has 0 unspecified atom stereocenters. The molecule has 7 heteroatoms. The third-order valence-corrected chi connectivity index (χ3v) is 8.96. The molecular weight excluding hydrogens is 432 g/mol. The van der Waals surface area contributed by atoms with Gasteiger partial charge in [-0.2, -0.15) is 0 Å². The van der Waals surface area contributed by atoms with Crippen LogP contribution in [-0.2, 0) is 16.6 Å². The van der Waals surface area contributed by atoms with Gasteiger partial charge in [-0.1, -0.05) is 13.0 Å². The van der Waals surface area contributed by atoms with Crippen LogP contribution < -0.4 is 9.47 Å². The van der Waals surface area contributed by atoms with Crippen molar-refractivity contribution in [3.8, 4) is 11.5 Å². The summed E-state index contributed by atoms with van der Waals surface area (Å²) in [5, 5.41) is 12.5. The van der Waals surface area contributed by atoms with Crippen LogP contribution in [0.4, 0.5) is 0 Å². The SMILES string of the molecule is CCN1CC[C@]23c4c5ccc(OC)c4O[C@H]2[C@H](N(C)C(=O)/C=C/c2ccoc2)CC[C@@]3(O)[C@H]1C5. The summed E-state index contributed by atoms with van der Waals surface area (Å²) in [6.07, 6.45) is 9.15. The fraction of sp³-hybridized carbons (Fsp3) is 0.519. The van der Waals surface area contributed by atoms with E-state index in [1.807, 2.05) is 19.2 Å². The van der Waals surface area contributed by atoms with E-state index in [2.05, 4.69) is 17.9 Å². The van der Waals surface area contributed by atoms with Crippen LogP contribution in [0.2, 0.25) is 0 Å². The number of likely N-dealkylation sites (N-methyl/N-ethyl adjacent to an activating group) is 2. The summed E-state index contributed by atoms with van der Waals surface area (Å²) in [5.74, 6) is 1.38. The first-order valence-electron chi connectivity index (χ1n) is 12.2. The van der Waals surface area contributed by atoms with Gasteiger partial charge in [0.1, 0.15) is 6.10 Å². The Morgan fingerprint density at radius 1 is 1.35 bits per heavy atom.